The molecule has 0 aromatic heterocycles. The van der Waals surface area contributed by atoms with Gasteiger partial charge in [0.2, 0.25) is 0 Å². The van der Waals surface area contributed by atoms with E-state index in [0.29, 0.717) is 11.5 Å². The Kier molecular flexibility index (Phi) is 13.7. The second-order valence-corrected chi connectivity index (χ2v) is 12.7. The van der Waals surface area contributed by atoms with Gasteiger partial charge in [0.25, 0.3) is 0 Å². The van der Waals surface area contributed by atoms with Crippen molar-refractivity contribution >= 4 is 75.7 Å². The Morgan fingerprint density at radius 1 is 0.722 bits per heavy atom. The maximum atomic E-state index is 11.7. The second-order valence-electron chi connectivity index (χ2n) is 8.86. The van der Waals surface area contributed by atoms with Gasteiger partial charge in [-0.1, -0.05) is 102 Å². The van der Waals surface area contributed by atoms with Gasteiger partial charge in [-0.05, 0) is 71.9 Å². The topological polar surface area (TPSA) is 52.6 Å². The zero-order chi connectivity index (χ0) is 26.8. The van der Waals surface area contributed by atoms with Crippen LogP contribution in [0.4, 0.5) is 0 Å². The summed E-state index contributed by atoms with van der Waals surface area (Å²) in [6.07, 6.45) is 3.42. The Labute approximate surface area is 248 Å². The Bertz CT molecular complexity index is 945. The minimum absolute atomic E-state index is 0.229. The summed E-state index contributed by atoms with van der Waals surface area (Å²) in [5.41, 5.74) is 4.49. The molecule has 0 aliphatic rings. The molecular weight excluding hydrogens is 720 g/mol. The smallest absolute Gasteiger partial charge is 0.308 e. The molecule has 0 N–H and O–H groups in total. The normalized spacial score (nSPS) is 14.6. The number of carbonyl (C=O) groups excluding carboxylic acids is 2. The first-order valence-electron chi connectivity index (χ1n) is 12.2. The fraction of sp³-hybridized carbons (Fsp3) is 0.500. The number of ether oxygens (including phenoxy) is 2. The van der Waals surface area contributed by atoms with E-state index in [4.69, 9.17) is 9.47 Å². The molecule has 0 aliphatic carbocycles. The van der Waals surface area contributed by atoms with Gasteiger partial charge in [0.05, 0.1) is 0 Å². The summed E-state index contributed by atoms with van der Waals surface area (Å²) in [7, 11) is 0. The first-order valence-corrected chi connectivity index (χ1v) is 16.2. The van der Waals surface area contributed by atoms with Gasteiger partial charge in [-0.15, -0.1) is 0 Å². The lowest BCUT2D eigenvalue weighted by Gasteiger charge is -2.28. The summed E-state index contributed by atoms with van der Waals surface area (Å²) >= 11 is 14.5. The lowest BCUT2D eigenvalue weighted by atomic mass is 9.77. The van der Waals surface area contributed by atoms with Crippen LogP contribution in [0.5, 0.6) is 11.5 Å². The molecule has 0 heterocycles. The lowest BCUT2D eigenvalue weighted by Crippen LogP contribution is -2.14. The molecule has 8 heteroatoms. The minimum Gasteiger partial charge on any atom is -0.426 e. The van der Waals surface area contributed by atoms with Gasteiger partial charge >= 0.3 is 11.9 Å². The Morgan fingerprint density at radius 3 is 1.36 bits per heavy atom. The molecule has 0 aliphatic heterocycles. The molecule has 4 atom stereocenters. The van der Waals surface area contributed by atoms with E-state index in [-0.39, 0.29) is 33.4 Å². The zero-order valence-electron chi connectivity index (χ0n) is 21.2. The number of hydrogen-bond acceptors (Lipinski definition) is 4. The molecule has 0 amide bonds. The standard InChI is InChI=1S/C28H34Br4O4/c1-5-25(19-7-9-27(35-17(3)33)21(11-19)13-23(31)15-29)26(6-2)20-8-10-28(36-18(4)34)22(12-20)14-24(32)16-30/h7-12,23-26H,5-6,13-16H2,1-4H3/t23-,24-,25-,26+/m0/s1. The van der Waals surface area contributed by atoms with Crippen LogP contribution in [0.3, 0.4) is 0 Å². The summed E-state index contributed by atoms with van der Waals surface area (Å²) < 4.78 is 11.0. The van der Waals surface area contributed by atoms with Crippen molar-refractivity contribution in [3.05, 3.63) is 58.7 Å². The van der Waals surface area contributed by atoms with E-state index in [1.54, 1.807) is 0 Å². The molecule has 0 fully saturated rings. The minimum atomic E-state index is -0.318. The first kappa shape index (κ1) is 31.5. The van der Waals surface area contributed by atoms with Gasteiger partial charge < -0.3 is 9.47 Å². The van der Waals surface area contributed by atoms with Gasteiger partial charge in [0, 0.05) is 34.2 Å². The monoisotopic (exact) mass is 750 g/mol. The molecule has 2 rings (SSSR count). The van der Waals surface area contributed by atoms with E-state index in [1.807, 2.05) is 12.1 Å². The Balaban J connectivity index is 2.51. The predicted octanol–water partition coefficient (Wildman–Crippen LogP) is 8.63. The van der Waals surface area contributed by atoms with Crippen LogP contribution in [-0.2, 0) is 22.4 Å². The van der Waals surface area contributed by atoms with Crippen molar-refractivity contribution < 1.29 is 19.1 Å². The van der Waals surface area contributed by atoms with Crippen molar-refractivity contribution in [3.63, 3.8) is 0 Å². The Morgan fingerprint density at radius 2 is 1.08 bits per heavy atom. The number of benzene rings is 2. The molecular formula is C28H34Br4O4. The molecule has 0 saturated carbocycles. The van der Waals surface area contributed by atoms with E-state index in [0.717, 1.165) is 47.5 Å². The highest BCUT2D eigenvalue weighted by atomic mass is 79.9. The SMILES string of the molecule is CC[C@H](c1ccc(OC(C)=O)c(C[C@H](Br)CBr)c1)[C@@H](CC)c1ccc(OC(C)=O)c(C[C@H](Br)CBr)c1. The zero-order valence-corrected chi connectivity index (χ0v) is 27.5. The predicted molar refractivity (Wildman–Crippen MR) is 162 cm³/mol. The molecule has 0 unspecified atom stereocenters. The van der Waals surface area contributed by atoms with Crippen molar-refractivity contribution in [2.45, 2.75) is 74.9 Å². The lowest BCUT2D eigenvalue weighted by molar-refractivity contribution is -0.132. The van der Waals surface area contributed by atoms with Crippen LogP contribution in [-0.4, -0.2) is 32.3 Å². The number of alkyl halides is 4. The van der Waals surface area contributed by atoms with Crippen molar-refractivity contribution in [2.75, 3.05) is 10.7 Å². The summed E-state index contributed by atoms with van der Waals surface area (Å²) in [4.78, 5) is 23.8. The fourth-order valence-corrected chi connectivity index (χ4v) is 5.73. The maximum Gasteiger partial charge on any atom is 0.308 e. The van der Waals surface area contributed by atoms with E-state index in [9.17, 15) is 9.59 Å². The van der Waals surface area contributed by atoms with Gasteiger partial charge in [0.15, 0.2) is 0 Å². The Hall–Kier alpha value is -0.700. The highest BCUT2D eigenvalue weighted by molar-refractivity contribution is 9.12. The quantitative estimate of drug-likeness (QED) is 0.117. The van der Waals surface area contributed by atoms with E-state index >= 15 is 0 Å². The number of rotatable bonds is 13. The maximum absolute atomic E-state index is 11.7. The van der Waals surface area contributed by atoms with Crippen LogP contribution in [0.1, 0.15) is 74.6 Å². The van der Waals surface area contributed by atoms with Gasteiger partial charge in [0.1, 0.15) is 11.5 Å². The summed E-state index contributed by atoms with van der Waals surface area (Å²) in [5.74, 6) is 1.15. The molecule has 0 bridgehead atoms. The average molecular weight is 754 g/mol. The van der Waals surface area contributed by atoms with Crippen molar-refractivity contribution in [3.8, 4) is 11.5 Å². The molecule has 0 saturated heterocycles. The van der Waals surface area contributed by atoms with Crippen LogP contribution in [0, 0.1) is 0 Å². The average Bonchev–Trinajstić information content (AvgIpc) is 2.84. The number of carbonyl (C=O) groups is 2. The molecule has 2 aromatic carbocycles. The van der Waals surface area contributed by atoms with Gasteiger partial charge in [-0.3, -0.25) is 9.59 Å². The van der Waals surface area contributed by atoms with Gasteiger partial charge in [-0.25, -0.2) is 0 Å². The van der Waals surface area contributed by atoms with Crippen LogP contribution in [0.25, 0.3) is 0 Å². The third-order valence-electron chi connectivity index (χ3n) is 6.12. The third kappa shape index (κ3) is 9.25. The molecule has 0 spiro atoms. The molecule has 0 radical (unpaired) electrons. The van der Waals surface area contributed by atoms with Crippen molar-refractivity contribution in [1.29, 1.82) is 0 Å². The molecule has 36 heavy (non-hydrogen) atoms. The summed E-state index contributed by atoms with van der Waals surface area (Å²) in [6.45, 7) is 7.29. The van der Waals surface area contributed by atoms with Crippen LogP contribution in [0.15, 0.2) is 36.4 Å². The van der Waals surface area contributed by atoms with Crippen LogP contribution >= 0.6 is 63.7 Å². The fourth-order valence-electron chi connectivity index (χ4n) is 4.58. The van der Waals surface area contributed by atoms with Crippen molar-refractivity contribution in [2.24, 2.45) is 0 Å². The number of esters is 2. The second kappa shape index (κ2) is 15.6. The number of halogens is 4. The van der Waals surface area contributed by atoms with E-state index in [1.165, 1.54) is 25.0 Å². The van der Waals surface area contributed by atoms with E-state index < -0.39 is 0 Å². The van der Waals surface area contributed by atoms with Crippen LogP contribution < -0.4 is 9.47 Å². The molecule has 2 aromatic rings. The molecule has 4 nitrogen and oxygen atoms in total. The van der Waals surface area contributed by atoms with E-state index in [2.05, 4.69) is 102 Å². The summed E-state index contributed by atoms with van der Waals surface area (Å²) in [6, 6.07) is 12.4. The third-order valence-corrected chi connectivity index (χ3v) is 10.7. The van der Waals surface area contributed by atoms with Crippen LogP contribution in [0.2, 0.25) is 0 Å². The first-order chi connectivity index (χ1) is 17.1. The van der Waals surface area contributed by atoms with Crippen molar-refractivity contribution in [1.82, 2.24) is 0 Å². The van der Waals surface area contributed by atoms with Gasteiger partial charge in [-0.2, -0.15) is 0 Å². The largest absolute Gasteiger partial charge is 0.426 e. The highest BCUT2D eigenvalue weighted by Gasteiger charge is 2.25. The summed E-state index contributed by atoms with van der Waals surface area (Å²) in [5, 5.41) is 1.60. The number of hydrogen-bond donors (Lipinski definition) is 0. The highest BCUT2D eigenvalue weighted by Crippen LogP contribution is 2.41. The molecule has 198 valence electrons.